The van der Waals surface area contributed by atoms with Crippen LogP contribution in [0.1, 0.15) is 34.0 Å². The molecular formula is C24H19F3N2O2. The first-order valence-corrected chi connectivity index (χ1v) is 9.76. The maximum Gasteiger partial charge on any atom is 0.416 e. The molecule has 0 bridgehead atoms. The molecule has 0 radical (unpaired) electrons. The largest absolute Gasteiger partial charge is 0.478 e. The lowest BCUT2D eigenvalue weighted by molar-refractivity contribution is -0.137. The van der Waals surface area contributed by atoms with Gasteiger partial charge in [0.25, 0.3) is 0 Å². The minimum absolute atomic E-state index is 0.188. The zero-order chi connectivity index (χ0) is 22.2. The number of hydrogen-bond acceptors (Lipinski definition) is 2. The molecule has 4 nitrogen and oxygen atoms in total. The molecule has 3 aromatic carbocycles. The van der Waals surface area contributed by atoms with Crippen molar-refractivity contribution in [3.63, 3.8) is 0 Å². The number of rotatable bonds is 5. The minimum atomic E-state index is -4.40. The van der Waals surface area contributed by atoms with Crippen molar-refractivity contribution >= 4 is 16.9 Å². The Bertz CT molecular complexity index is 1280. The lowest BCUT2D eigenvalue weighted by atomic mass is 9.92. The second-order valence-corrected chi connectivity index (χ2v) is 7.25. The Hall–Kier alpha value is -3.61. The van der Waals surface area contributed by atoms with Crippen LogP contribution in [0.15, 0.2) is 66.9 Å². The number of carboxylic acids is 1. The zero-order valence-electron chi connectivity index (χ0n) is 16.6. The predicted octanol–water partition coefficient (Wildman–Crippen LogP) is 6.03. The molecule has 0 atom stereocenters. The molecule has 1 aromatic heterocycles. The van der Waals surface area contributed by atoms with Crippen molar-refractivity contribution in [2.45, 2.75) is 26.1 Å². The molecular weight excluding hydrogens is 405 g/mol. The standard InChI is InChI=1S/C24H19F3N2O2/c1-2-17-18(8-4-10-20(17)23(30)31)19-9-5-11-22-21(19)14-29(28-22)13-15-6-3-7-16(12-15)24(25,26)27/h3-12,14H,2,13H2,1H3,(H,30,31). The van der Waals surface area contributed by atoms with Crippen molar-refractivity contribution in [2.75, 3.05) is 0 Å². The fraction of sp³-hybridized carbons (Fsp3) is 0.167. The highest BCUT2D eigenvalue weighted by molar-refractivity contribution is 5.98. The second-order valence-electron chi connectivity index (χ2n) is 7.25. The molecule has 0 fully saturated rings. The van der Waals surface area contributed by atoms with Gasteiger partial charge in [-0.15, -0.1) is 0 Å². The molecule has 0 spiro atoms. The highest BCUT2D eigenvalue weighted by Gasteiger charge is 2.30. The van der Waals surface area contributed by atoms with E-state index in [9.17, 15) is 23.1 Å². The Kier molecular flexibility index (Phi) is 5.27. The Balaban J connectivity index is 1.77. The molecule has 1 N–H and O–H groups in total. The van der Waals surface area contributed by atoms with Gasteiger partial charge in [0.1, 0.15) is 0 Å². The Morgan fingerprint density at radius 3 is 2.45 bits per heavy atom. The highest BCUT2D eigenvalue weighted by atomic mass is 19.4. The van der Waals surface area contributed by atoms with Gasteiger partial charge in [-0.2, -0.15) is 18.3 Å². The number of halogens is 3. The van der Waals surface area contributed by atoms with E-state index in [1.165, 1.54) is 6.07 Å². The summed E-state index contributed by atoms with van der Waals surface area (Å²) in [5, 5.41) is 14.9. The Labute approximate surface area is 176 Å². The van der Waals surface area contributed by atoms with Crippen molar-refractivity contribution in [2.24, 2.45) is 0 Å². The van der Waals surface area contributed by atoms with E-state index in [1.54, 1.807) is 29.1 Å². The SMILES string of the molecule is CCc1c(C(=O)O)cccc1-c1cccc2nn(Cc3cccc(C(F)(F)F)c3)cc12. The summed E-state index contributed by atoms with van der Waals surface area (Å²) in [4.78, 5) is 11.6. The quantitative estimate of drug-likeness (QED) is 0.426. The van der Waals surface area contributed by atoms with Crippen LogP contribution >= 0.6 is 0 Å². The van der Waals surface area contributed by atoms with E-state index in [-0.39, 0.29) is 12.1 Å². The molecule has 0 saturated carbocycles. The van der Waals surface area contributed by atoms with Crippen LogP contribution in [0.5, 0.6) is 0 Å². The third-order valence-electron chi connectivity index (χ3n) is 5.25. The molecule has 0 aliphatic heterocycles. The predicted molar refractivity (Wildman–Crippen MR) is 112 cm³/mol. The van der Waals surface area contributed by atoms with E-state index >= 15 is 0 Å². The summed E-state index contributed by atoms with van der Waals surface area (Å²) in [6.07, 6.45) is -2.06. The van der Waals surface area contributed by atoms with Crippen molar-refractivity contribution in [3.05, 3.63) is 89.1 Å². The second kappa shape index (κ2) is 7.91. The molecule has 0 saturated heterocycles. The zero-order valence-corrected chi connectivity index (χ0v) is 16.6. The summed E-state index contributed by atoms with van der Waals surface area (Å²) in [5.74, 6) is -0.980. The maximum absolute atomic E-state index is 13.0. The van der Waals surface area contributed by atoms with E-state index in [1.807, 2.05) is 31.2 Å². The molecule has 0 unspecified atom stereocenters. The summed E-state index contributed by atoms with van der Waals surface area (Å²) in [7, 11) is 0. The first-order chi connectivity index (χ1) is 14.8. The average molecular weight is 424 g/mol. The number of hydrogen-bond donors (Lipinski definition) is 1. The smallest absolute Gasteiger partial charge is 0.416 e. The number of carboxylic acid groups (broad SMARTS) is 1. The number of carbonyl (C=O) groups is 1. The maximum atomic E-state index is 13.0. The molecule has 0 aliphatic rings. The number of aromatic carboxylic acids is 1. The van der Waals surface area contributed by atoms with E-state index in [0.717, 1.165) is 34.2 Å². The normalized spacial score (nSPS) is 11.7. The van der Waals surface area contributed by atoms with Gasteiger partial charge in [-0.25, -0.2) is 4.79 Å². The van der Waals surface area contributed by atoms with Gasteiger partial charge in [0.2, 0.25) is 0 Å². The lowest BCUT2D eigenvalue weighted by Gasteiger charge is -2.12. The van der Waals surface area contributed by atoms with Gasteiger partial charge in [0.15, 0.2) is 0 Å². The fourth-order valence-electron chi connectivity index (χ4n) is 3.86. The molecule has 31 heavy (non-hydrogen) atoms. The van der Waals surface area contributed by atoms with Crippen LogP contribution < -0.4 is 0 Å². The Morgan fingerprint density at radius 1 is 1.03 bits per heavy atom. The van der Waals surface area contributed by atoms with Crippen LogP contribution in [0.4, 0.5) is 13.2 Å². The molecule has 158 valence electrons. The summed E-state index contributed by atoms with van der Waals surface area (Å²) < 4.78 is 40.6. The molecule has 4 rings (SSSR count). The number of benzene rings is 3. The summed E-state index contributed by atoms with van der Waals surface area (Å²) in [6, 6.07) is 15.9. The third kappa shape index (κ3) is 4.03. The fourth-order valence-corrected chi connectivity index (χ4v) is 3.86. The van der Waals surface area contributed by atoms with Crippen LogP contribution in [0.3, 0.4) is 0 Å². The van der Waals surface area contributed by atoms with Gasteiger partial charge in [0.05, 0.1) is 23.2 Å². The first-order valence-electron chi connectivity index (χ1n) is 9.76. The van der Waals surface area contributed by atoms with Gasteiger partial charge in [-0.1, -0.05) is 43.3 Å². The van der Waals surface area contributed by atoms with Crippen molar-refractivity contribution in [1.29, 1.82) is 0 Å². The van der Waals surface area contributed by atoms with Crippen LogP contribution in [0.25, 0.3) is 22.0 Å². The monoisotopic (exact) mass is 424 g/mol. The van der Waals surface area contributed by atoms with Crippen LogP contribution in [-0.2, 0) is 19.1 Å². The summed E-state index contributed by atoms with van der Waals surface area (Å²) in [6.45, 7) is 2.09. The van der Waals surface area contributed by atoms with Crippen LogP contribution in [0, 0.1) is 0 Å². The van der Waals surface area contributed by atoms with E-state index < -0.39 is 17.7 Å². The van der Waals surface area contributed by atoms with Crippen LogP contribution in [-0.4, -0.2) is 20.9 Å². The Morgan fingerprint density at radius 2 is 1.74 bits per heavy atom. The minimum Gasteiger partial charge on any atom is -0.478 e. The molecule has 7 heteroatoms. The summed E-state index contributed by atoms with van der Waals surface area (Å²) in [5.41, 5.74) is 3.12. The van der Waals surface area contributed by atoms with Gasteiger partial charge in [0, 0.05) is 11.6 Å². The highest BCUT2D eigenvalue weighted by Crippen LogP contribution is 2.33. The van der Waals surface area contributed by atoms with Crippen molar-refractivity contribution in [1.82, 2.24) is 9.78 Å². The molecule has 0 aliphatic carbocycles. The molecule has 4 aromatic rings. The van der Waals surface area contributed by atoms with Crippen LogP contribution in [0.2, 0.25) is 0 Å². The first kappa shape index (κ1) is 20.7. The third-order valence-corrected chi connectivity index (χ3v) is 5.25. The number of aromatic nitrogens is 2. The molecule has 0 amide bonds. The van der Waals surface area contributed by atoms with E-state index in [4.69, 9.17) is 0 Å². The van der Waals surface area contributed by atoms with E-state index in [2.05, 4.69) is 5.10 Å². The van der Waals surface area contributed by atoms with Gasteiger partial charge < -0.3 is 5.11 Å². The van der Waals surface area contributed by atoms with Crippen molar-refractivity contribution < 1.29 is 23.1 Å². The van der Waals surface area contributed by atoms with Gasteiger partial charge >= 0.3 is 12.1 Å². The average Bonchev–Trinajstić information content (AvgIpc) is 3.15. The number of nitrogens with zero attached hydrogens (tertiary/aromatic N) is 2. The number of fused-ring (bicyclic) bond motifs is 1. The molecule has 1 heterocycles. The van der Waals surface area contributed by atoms with Crippen molar-refractivity contribution in [3.8, 4) is 11.1 Å². The van der Waals surface area contributed by atoms with Gasteiger partial charge in [-0.3, -0.25) is 4.68 Å². The van der Waals surface area contributed by atoms with Gasteiger partial charge in [-0.05, 0) is 52.9 Å². The summed E-state index contributed by atoms with van der Waals surface area (Å²) >= 11 is 0. The van der Waals surface area contributed by atoms with E-state index in [0.29, 0.717) is 17.5 Å². The number of alkyl halides is 3. The lowest BCUT2D eigenvalue weighted by Crippen LogP contribution is -2.07. The topological polar surface area (TPSA) is 55.1 Å².